The van der Waals surface area contributed by atoms with Crippen molar-refractivity contribution in [3.8, 4) is 0 Å². The van der Waals surface area contributed by atoms with Gasteiger partial charge in [0.15, 0.2) is 0 Å². The second-order valence-corrected chi connectivity index (χ2v) is 8.79. The van der Waals surface area contributed by atoms with Crippen molar-refractivity contribution in [2.45, 2.75) is 31.9 Å². The maximum atomic E-state index is 14.6. The van der Waals surface area contributed by atoms with Crippen molar-refractivity contribution < 1.29 is 13.9 Å². The first kappa shape index (κ1) is 23.5. The van der Waals surface area contributed by atoms with Crippen molar-refractivity contribution in [1.29, 1.82) is 0 Å². The highest BCUT2D eigenvalue weighted by Crippen LogP contribution is 2.28. The first-order valence-electron chi connectivity index (χ1n) is 11.5. The smallest absolute Gasteiger partial charge is 0.137 e. The fourth-order valence-electron chi connectivity index (χ4n) is 4.44. The van der Waals surface area contributed by atoms with E-state index >= 15 is 0 Å². The molecule has 1 N–H and O–H groups in total. The Bertz CT molecular complexity index is 1020. The lowest BCUT2D eigenvalue weighted by Gasteiger charge is -2.39. The Kier molecular flexibility index (Phi) is 7.47. The molecule has 6 nitrogen and oxygen atoms in total. The number of nitrogens with zero attached hydrogens (tertiary/aromatic N) is 5. The topological polar surface area (TPSA) is 57.4 Å². The molecule has 1 atom stereocenters. The maximum Gasteiger partial charge on any atom is 0.137 e. The van der Waals surface area contributed by atoms with E-state index in [4.69, 9.17) is 0 Å². The van der Waals surface area contributed by atoms with Crippen LogP contribution in [0.3, 0.4) is 0 Å². The fraction of sp³-hybridized carbons (Fsp3) is 0.440. The third-order valence-electron chi connectivity index (χ3n) is 6.42. The molecule has 1 aliphatic rings. The Morgan fingerprint density at radius 3 is 2.27 bits per heavy atom. The Labute approximate surface area is 193 Å². The SMILES string of the molecule is CCc1ccc(CCN2CCN(CC(O)(Cn3cncn3)c3ccc(F)cc3F)CC2)cc1. The number of aryl methyl sites for hydroxylation is 1. The van der Waals surface area contributed by atoms with Crippen LogP contribution in [-0.2, 0) is 25.0 Å². The molecule has 0 amide bonds. The molecule has 1 unspecified atom stereocenters. The zero-order chi connectivity index (χ0) is 23.3. The molecular weight excluding hydrogens is 424 g/mol. The summed E-state index contributed by atoms with van der Waals surface area (Å²) < 4.78 is 29.6. The molecule has 33 heavy (non-hydrogen) atoms. The van der Waals surface area contributed by atoms with Crippen LogP contribution in [0.4, 0.5) is 8.78 Å². The predicted octanol–water partition coefficient (Wildman–Crippen LogP) is 2.87. The second-order valence-electron chi connectivity index (χ2n) is 8.79. The van der Waals surface area contributed by atoms with Crippen LogP contribution < -0.4 is 0 Å². The van der Waals surface area contributed by atoms with Crippen molar-refractivity contribution in [3.05, 3.63) is 83.4 Å². The third-order valence-corrected chi connectivity index (χ3v) is 6.42. The highest BCUT2D eigenvalue weighted by atomic mass is 19.1. The van der Waals surface area contributed by atoms with Crippen molar-refractivity contribution >= 4 is 0 Å². The minimum atomic E-state index is -1.56. The Balaban J connectivity index is 1.37. The molecule has 2 heterocycles. The number of piperazine rings is 1. The highest BCUT2D eigenvalue weighted by Gasteiger charge is 2.36. The summed E-state index contributed by atoms with van der Waals surface area (Å²) in [5.74, 6) is -1.43. The molecule has 1 fully saturated rings. The fourth-order valence-corrected chi connectivity index (χ4v) is 4.44. The van der Waals surface area contributed by atoms with Gasteiger partial charge in [0.2, 0.25) is 0 Å². The lowest BCUT2D eigenvalue weighted by atomic mass is 9.92. The predicted molar refractivity (Wildman–Crippen MR) is 123 cm³/mol. The molecule has 0 aliphatic carbocycles. The molecule has 0 bridgehead atoms. The average Bonchev–Trinajstić information content (AvgIpc) is 3.31. The normalized spacial score (nSPS) is 17.2. The first-order valence-corrected chi connectivity index (χ1v) is 11.5. The highest BCUT2D eigenvalue weighted by molar-refractivity contribution is 5.26. The van der Waals surface area contributed by atoms with Gasteiger partial charge in [-0.2, -0.15) is 5.10 Å². The molecule has 0 saturated carbocycles. The van der Waals surface area contributed by atoms with Gasteiger partial charge in [-0.15, -0.1) is 0 Å². The van der Waals surface area contributed by atoms with Gasteiger partial charge in [0.25, 0.3) is 0 Å². The van der Waals surface area contributed by atoms with Crippen LogP contribution in [0, 0.1) is 11.6 Å². The summed E-state index contributed by atoms with van der Waals surface area (Å²) in [6.07, 6.45) is 4.90. The van der Waals surface area contributed by atoms with E-state index in [-0.39, 0.29) is 18.7 Å². The molecule has 0 spiro atoms. The van der Waals surface area contributed by atoms with Crippen LogP contribution in [0.15, 0.2) is 55.1 Å². The summed E-state index contributed by atoms with van der Waals surface area (Å²) >= 11 is 0. The summed E-state index contributed by atoms with van der Waals surface area (Å²) in [4.78, 5) is 8.46. The lowest BCUT2D eigenvalue weighted by Crippen LogP contribution is -2.52. The van der Waals surface area contributed by atoms with E-state index in [1.165, 1.54) is 40.6 Å². The molecule has 2 aromatic carbocycles. The first-order chi connectivity index (χ1) is 15.9. The molecule has 1 aliphatic heterocycles. The van der Waals surface area contributed by atoms with Crippen molar-refractivity contribution in [3.63, 3.8) is 0 Å². The molecule has 8 heteroatoms. The van der Waals surface area contributed by atoms with Crippen LogP contribution in [-0.4, -0.2) is 68.9 Å². The second kappa shape index (κ2) is 10.5. The molecule has 1 aromatic heterocycles. The van der Waals surface area contributed by atoms with E-state index in [1.54, 1.807) is 0 Å². The lowest BCUT2D eigenvalue weighted by molar-refractivity contribution is -0.0317. The Morgan fingerprint density at radius 1 is 0.939 bits per heavy atom. The zero-order valence-electron chi connectivity index (χ0n) is 19.0. The monoisotopic (exact) mass is 455 g/mol. The molecule has 176 valence electrons. The zero-order valence-corrected chi connectivity index (χ0v) is 19.0. The minimum absolute atomic E-state index is 0.0313. The number of hydrogen-bond acceptors (Lipinski definition) is 5. The molecule has 1 saturated heterocycles. The van der Waals surface area contributed by atoms with Crippen LogP contribution in [0.5, 0.6) is 0 Å². The number of β-amino-alcohol motifs (C(OH)–C–C–N with tert-alkyl or cyclic N) is 1. The van der Waals surface area contributed by atoms with Gasteiger partial charge in [-0.3, -0.25) is 4.90 Å². The molecule has 4 rings (SSSR count). The van der Waals surface area contributed by atoms with Gasteiger partial charge in [-0.05, 0) is 30.0 Å². The number of rotatable bonds is 9. The molecule has 0 radical (unpaired) electrons. The molecule has 3 aromatic rings. The third kappa shape index (κ3) is 6.01. The van der Waals surface area contributed by atoms with Crippen molar-refractivity contribution in [1.82, 2.24) is 24.6 Å². The average molecular weight is 456 g/mol. The van der Waals surface area contributed by atoms with E-state index in [2.05, 4.69) is 51.1 Å². The quantitative estimate of drug-likeness (QED) is 0.538. The number of halogens is 2. The molecular formula is C25H31F2N5O. The summed E-state index contributed by atoms with van der Waals surface area (Å²) in [5, 5.41) is 15.6. The van der Waals surface area contributed by atoms with Gasteiger partial charge < -0.3 is 10.0 Å². The van der Waals surface area contributed by atoms with Gasteiger partial charge in [0, 0.05) is 50.9 Å². The van der Waals surface area contributed by atoms with Gasteiger partial charge in [0.1, 0.15) is 29.9 Å². The van der Waals surface area contributed by atoms with Crippen LogP contribution in [0.2, 0.25) is 0 Å². The standard InChI is InChI=1S/C25H31F2N5O/c1-2-20-3-5-21(6-4-20)9-10-30-11-13-31(14-12-30)16-25(33,17-32-19-28-18-29-32)23-8-7-22(26)15-24(23)27/h3-8,15,18-19,33H,2,9-14,16-17H2,1H3. The van der Waals surface area contributed by atoms with E-state index in [0.29, 0.717) is 0 Å². The van der Waals surface area contributed by atoms with Crippen molar-refractivity contribution in [2.75, 3.05) is 39.3 Å². The maximum absolute atomic E-state index is 14.6. The van der Waals surface area contributed by atoms with Gasteiger partial charge in [-0.1, -0.05) is 37.3 Å². The Morgan fingerprint density at radius 2 is 1.64 bits per heavy atom. The largest absolute Gasteiger partial charge is 0.382 e. The van der Waals surface area contributed by atoms with Gasteiger partial charge in [0.05, 0.1) is 6.54 Å². The summed E-state index contributed by atoms with van der Waals surface area (Å²) in [6, 6.07) is 12.1. The van der Waals surface area contributed by atoms with E-state index < -0.39 is 17.2 Å². The van der Waals surface area contributed by atoms with Crippen molar-refractivity contribution in [2.24, 2.45) is 0 Å². The van der Waals surface area contributed by atoms with E-state index in [1.807, 2.05) is 0 Å². The number of aromatic nitrogens is 3. The summed E-state index contributed by atoms with van der Waals surface area (Å²) in [6.45, 7) is 6.66. The number of aliphatic hydroxyl groups is 1. The number of benzene rings is 2. The van der Waals surface area contributed by atoms with Crippen LogP contribution in [0.1, 0.15) is 23.6 Å². The summed E-state index contributed by atoms with van der Waals surface area (Å²) in [5.41, 5.74) is 1.19. The minimum Gasteiger partial charge on any atom is -0.382 e. The van der Waals surface area contributed by atoms with Crippen LogP contribution >= 0.6 is 0 Å². The van der Waals surface area contributed by atoms with Crippen LogP contribution in [0.25, 0.3) is 0 Å². The Hall–Kier alpha value is -2.68. The van der Waals surface area contributed by atoms with E-state index in [0.717, 1.165) is 51.6 Å². The number of hydrogen-bond donors (Lipinski definition) is 1. The van der Waals surface area contributed by atoms with Gasteiger partial charge >= 0.3 is 0 Å². The van der Waals surface area contributed by atoms with Gasteiger partial charge in [-0.25, -0.2) is 18.4 Å². The van der Waals surface area contributed by atoms with E-state index in [9.17, 15) is 13.9 Å². The summed E-state index contributed by atoms with van der Waals surface area (Å²) in [7, 11) is 0.